The Bertz CT molecular complexity index is 404. The van der Waals surface area contributed by atoms with Gasteiger partial charge < -0.3 is 10.5 Å². The molecule has 2 N–H and O–H groups in total. The van der Waals surface area contributed by atoms with E-state index < -0.39 is 6.04 Å². The zero-order valence-electron chi connectivity index (χ0n) is 11.5. The summed E-state index contributed by atoms with van der Waals surface area (Å²) in [5.74, 6) is 0.323. The van der Waals surface area contributed by atoms with Crippen molar-refractivity contribution in [3.05, 3.63) is 35.9 Å². The van der Waals surface area contributed by atoms with E-state index in [0.717, 1.165) is 32.1 Å². The van der Waals surface area contributed by atoms with Crippen LogP contribution in [0.15, 0.2) is 30.3 Å². The highest BCUT2D eigenvalue weighted by Gasteiger charge is 2.23. The summed E-state index contributed by atoms with van der Waals surface area (Å²) in [5, 5.41) is 0. The molecule has 1 saturated heterocycles. The minimum Gasteiger partial charge on any atom is -0.462 e. The Hall–Kier alpha value is -1.35. The smallest absolute Gasteiger partial charge is 0.323 e. The van der Waals surface area contributed by atoms with Crippen molar-refractivity contribution in [1.29, 1.82) is 0 Å². The van der Waals surface area contributed by atoms with Crippen molar-refractivity contribution in [2.45, 2.75) is 51.2 Å². The lowest BCUT2D eigenvalue weighted by atomic mass is 9.89. The molecule has 2 rings (SSSR count). The van der Waals surface area contributed by atoms with E-state index in [1.165, 1.54) is 5.56 Å². The summed E-state index contributed by atoms with van der Waals surface area (Å²) in [6.07, 6.45) is 4.79. The van der Waals surface area contributed by atoms with E-state index in [0.29, 0.717) is 5.92 Å². The molecule has 3 nitrogen and oxygen atoms in total. The second kappa shape index (κ2) is 6.71. The first-order valence-corrected chi connectivity index (χ1v) is 7.15. The summed E-state index contributed by atoms with van der Waals surface area (Å²) in [4.78, 5) is 11.6. The van der Waals surface area contributed by atoms with Gasteiger partial charge >= 0.3 is 5.97 Å². The Balaban J connectivity index is 1.98. The zero-order valence-corrected chi connectivity index (χ0v) is 11.5. The summed E-state index contributed by atoms with van der Waals surface area (Å²) >= 11 is 0. The van der Waals surface area contributed by atoms with Gasteiger partial charge in [0.2, 0.25) is 0 Å². The molecule has 1 aromatic rings. The highest BCUT2D eigenvalue weighted by Crippen LogP contribution is 2.23. The maximum Gasteiger partial charge on any atom is 0.323 e. The number of cyclic esters (lactones) is 1. The van der Waals surface area contributed by atoms with E-state index in [4.69, 9.17) is 10.5 Å². The molecular formula is C16H23NO2. The number of rotatable bonds is 2. The van der Waals surface area contributed by atoms with Crippen molar-refractivity contribution >= 4 is 5.97 Å². The monoisotopic (exact) mass is 261 g/mol. The molecule has 1 aromatic carbocycles. The third-order valence-corrected chi connectivity index (χ3v) is 3.78. The van der Waals surface area contributed by atoms with E-state index in [1.54, 1.807) is 0 Å². The van der Waals surface area contributed by atoms with E-state index >= 15 is 0 Å². The quantitative estimate of drug-likeness (QED) is 0.833. The molecule has 3 atom stereocenters. The SMILES string of the molecule is CC1CC(Cc2ccccc2)CCC[C@H](N)C(=O)O1. The van der Waals surface area contributed by atoms with Gasteiger partial charge in [-0.1, -0.05) is 36.8 Å². The minimum atomic E-state index is -0.446. The largest absolute Gasteiger partial charge is 0.462 e. The van der Waals surface area contributed by atoms with Gasteiger partial charge in [-0.3, -0.25) is 4.79 Å². The van der Waals surface area contributed by atoms with E-state index in [9.17, 15) is 4.79 Å². The van der Waals surface area contributed by atoms with Crippen molar-refractivity contribution in [1.82, 2.24) is 0 Å². The zero-order chi connectivity index (χ0) is 13.7. The maximum atomic E-state index is 11.6. The number of hydrogen-bond acceptors (Lipinski definition) is 3. The van der Waals surface area contributed by atoms with Crippen LogP contribution in [-0.2, 0) is 16.0 Å². The lowest BCUT2D eigenvalue weighted by molar-refractivity contribution is -0.150. The molecule has 1 heterocycles. The molecule has 2 unspecified atom stereocenters. The number of carbonyl (C=O) groups excluding carboxylic acids is 1. The van der Waals surface area contributed by atoms with Gasteiger partial charge in [0.1, 0.15) is 6.04 Å². The minimum absolute atomic E-state index is 0.0367. The highest BCUT2D eigenvalue weighted by atomic mass is 16.5. The van der Waals surface area contributed by atoms with Crippen molar-refractivity contribution in [2.75, 3.05) is 0 Å². The second-order valence-corrected chi connectivity index (χ2v) is 5.58. The van der Waals surface area contributed by atoms with Gasteiger partial charge in [-0.05, 0) is 44.1 Å². The fourth-order valence-electron chi connectivity index (χ4n) is 2.80. The Labute approximate surface area is 115 Å². The second-order valence-electron chi connectivity index (χ2n) is 5.58. The molecular weight excluding hydrogens is 238 g/mol. The lowest BCUT2D eigenvalue weighted by Crippen LogP contribution is -2.33. The van der Waals surface area contributed by atoms with Crippen LogP contribution in [0, 0.1) is 5.92 Å². The highest BCUT2D eigenvalue weighted by molar-refractivity contribution is 5.75. The van der Waals surface area contributed by atoms with Crippen LogP contribution < -0.4 is 5.73 Å². The average Bonchev–Trinajstić information content (AvgIpc) is 2.43. The van der Waals surface area contributed by atoms with Gasteiger partial charge in [-0.15, -0.1) is 0 Å². The molecule has 0 aromatic heterocycles. The summed E-state index contributed by atoms with van der Waals surface area (Å²) in [6.45, 7) is 1.97. The Morgan fingerprint density at radius 2 is 2.00 bits per heavy atom. The maximum absolute atomic E-state index is 11.6. The van der Waals surface area contributed by atoms with Crippen LogP contribution in [0.5, 0.6) is 0 Å². The first-order chi connectivity index (χ1) is 9.15. The van der Waals surface area contributed by atoms with Crippen LogP contribution >= 0.6 is 0 Å². The summed E-state index contributed by atoms with van der Waals surface area (Å²) in [7, 11) is 0. The summed E-state index contributed by atoms with van der Waals surface area (Å²) in [5.41, 5.74) is 7.16. The third-order valence-electron chi connectivity index (χ3n) is 3.78. The molecule has 0 spiro atoms. The lowest BCUT2D eigenvalue weighted by Gasteiger charge is -2.20. The standard InChI is InChI=1S/C16H23NO2/c1-12-10-14(11-13-6-3-2-4-7-13)8-5-9-15(17)16(18)19-12/h2-4,6-7,12,14-15H,5,8-11,17H2,1H3/t12?,14?,15-/m0/s1. The van der Waals surface area contributed by atoms with Crippen molar-refractivity contribution in [2.24, 2.45) is 11.7 Å². The van der Waals surface area contributed by atoms with Crippen LogP contribution in [-0.4, -0.2) is 18.1 Å². The molecule has 0 radical (unpaired) electrons. The molecule has 0 aliphatic carbocycles. The molecule has 0 amide bonds. The molecule has 0 bridgehead atoms. The van der Waals surface area contributed by atoms with Crippen molar-refractivity contribution in [3.63, 3.8) is 0 Å². The van der Waals surface area contributed by atoms with Gasteiger partial charge in [0.25, 0.3) is 0 Å². The number of ether oxygens (including phenoxy) is 1. The van der Waals surface area contributed by atoms with Crippen LogP contribution in [0.25, 0.3) is 0 Å². The predicted octanol–water partition coefficient (Wildman–Crippen LogP) is 2.68. The van der Waals surface area contributed by atoms with Crippen molar-refractivity contribution in [3.8, 4) is 0 Å². The summed E-state index contributed by atoms with van der Waals surface area (Å²) in [6, 6.07) is 10.1. The normalized spacial score (nSPS) is 28.9. The Morgan fingerprint density at radius 3 is 2.74 bits per heavy atom. The number of nitrogens with two attached hydrogens (primary N) is 1. The molecule has 3 heteroatoms. The van der Waals surface area contributed by atoms with Gasteiger partial charge in [0, 0.05) is 0 Å². The molecule has 104 valence electrons. The molecule has 19 heavy (non-hydrogen) atoms. The Kier molecular flexibility index (Phi) is 4.97. The van der Waals surface area contributed by atoms with Gasteiger partial charge in [0.15, 0.2) is 0 Å². The fraction of sp³-hybridized carbons (Fsp3) is 0.562. The van der Waals surface area contributed by atoms with Gasteiger partial charge in [-0.25, -0.2) is 0 Å². The van der Waals surface area contributed by atoms with Crippen LogP contribution in [0.2, 0.25) is 0 Å². The number of hydrogen-bond donors (Lipinski definition) is 1. The topological polar surface area (TPSA) is 52.3 Å². The first-order valence-electron chi connectivity index (χ1n) is 7.15. The number of benzene rings is 1. The van der Waals surface area contributed by atoms with Gasteiger partial charge in [-0.2, -0.15) is 0 Å². The molecule has 1 aliphatic heterocycles. The van der Waals surface area contributed by atoms with E-state index in [-0.39, 0.29) is 12.1 Å². The third kappa shape index (κ3) is 4.35. The van der Waals surface area contributed by atoms with E-state index in [1.807, 2.05) is 13.0 Å². The van der Waals surface area contributed by atoms with Crippen LogP contribution in [0.4, 0.5) is 0 Å². The number of carbonyl (C=O) groups is 1. The first kappa shape index (κ1) is 14.1. The average molecular weight is 261 g/mol. The molecule has 0 saturated carbocycles. The fourth-order valence-corrected chi connectivity index (χ4v) is 2.80. The Morgan fingerprint density at radius 1 is 1.26 bits per heavy atom. The van der Waals surface area contributed by atoms with Crippen LogP contribution in [0.1, 0.15) is 38.2 Å². The van der Waals surface area contributed by atoms with Crippen molar-refractivity contribution < 1.29 is 9.53 Å². The molecule has 1 fully saturated rings. The van der Waals surface area contributed by atoms with E-state index in [2.05, 4.69) is 24.3 Å². The molecule has 1 aliphatic rings. The van der Waals surface area contributed by atoms with Gasteiger partial charge in [0.05, 0.1) is 6.10 Å². The predicted molar refractivity (Wildman–Crippen MR) is 75.6 cm³/mol. The van der Waals surface area contributed by atoms with Crippen LogP contribution in [0.3, 0.4) is 0 Å². The number of esters is 1. The summed E-state index contributed by atoms with van der Waals surface area (Å²) < 4.78 is 5.39.